The van der Waals surface area contributed by atoms with Gasteiger partial charge >= 0.3 is 21.7 Å². The van der Waals surface area contributed by atoms with Crippen LogP contribution >= 0.6 is 0 Å². The van der Waals surface area contributed by atoms with Crippen LogP contribution in [0.1, 0.15) is 52.9 Å². The van der Waals surface area contributed by atoms with Crippen molar-refractivity contribution in [2.75, 3.05) is 6.54 Å². The molecule has 0 saturated carbocycles. The van der Waals surface area contributed by atoms with Crippen molar-refractivity contribution in [2.45, 2.75) is 76.1 Å². The highest BCUT2D eigenvalue weighted by Crippen LogP contribution is 2.31. The Labute approximate surface area is 167 Å². The number of allylic oxidation sites excluding steroid dienone is 1. The van der Waals surface area contributed by atoms with Crippen LogP contribution < -0.4 is 0 Å². The van der Waals surface area contributed by atoms with Gasteiger partial charge in [0.05, 0.1) is 6.04 Å². The number of alkyl halides is 3. The van der Waals surface area contributed by atoms with Gasteiger partial charge < -0.3 is 4.74 Å². The average molecular weight is 442 g/mol. The van der Waals surface area contributed by atoms with Crippen molar-refractivity contribution in [2.24, 2.45) is 0 Å². The zero-order valence-corrected chi connectivity index (χ0v) is 17.3. The number of carbonyl (C=O) groups is 2. The van der Waals surface area contributed by atoms with Gasteiger partial charge in [-0.25, -0.2) is 4.79 Å². The molecule has 1 aliphatic carbocycles. The molecule has 166 valence electrons. The van der Waals surface area contributed by atoms with Crippen molar-refractivity contribution < 1.29 is 40.2 Å². The second-order valence-electron chi connectivity index (χ2n) is 7.91. The first-order valence-corrected chi connectivity index (χ1v) is 10.6. The molecule has 0 bridgehead atoms. The summed E-state index contributed by atoms with van der Waals surface area (Å²) in [6.07, 6.45) is 4.01. The van der Waals surface area contributed by atoms with Crippen LogP contribution in [0.3, 0.4) is 0 Å². The summed E-state index contributed by atoms with van der Waals surface area (Å²) in [6, 6.07) is -2.06. The molecule has 12 heteroatoms. The molecule has 2 aliphatic rings. The number of halogens is 3. The zero-order valence-electron chi connectivity index (χ0n) is 16.4. The Kier molecular flexibility index (Phi) is 6.88. The summed E-state index contributed by atoms with van der Waals surface area (Å²) in [5.74, 6) is -1.01. The first-order chi connectivity index (χ1) is 13.2. The normalized spacial score (nSPS) is 23.2. The summed E-state index contributed by atoms with van der Waals surface area (Å²) in [4.78, 5) is 26.5. The van der Waals surface area contributed by atoms with E-state index in [2.05, 4.69) is 4.28 Å². The van der Waals surface area contributed by atoms with Gasteiger partial charge in [-0.15, -0.1) is 4.28 Å². The molecule has 2 atom stereocenters. The molecular weight excluding hydrogens is 417 g/mol. The quantitative estimate of drug-likeness (QED) is 0.377. The Bertz CT molecular complexity index is 760. The number of likely N-dealkylation sites (tertiary alicyclic amines) is 1. The van der Waals surface area contributed by atoms with Gasteiger partial charge in [-0.1, -0.05) is 12.2 Å². The fourth-order valence-corrected chi connectivity index (χ4v) is 3.62. The molecule has 1 aliphatic heterocycles. The molecule has 2 amide bonds. The van der Waals surface area contributed by atoms with E-state index in [4.69, 9.17) is 4.74 Å². The van der Waals surface area contributed by atoms with E-state index in [1.54, 1.807) is 32.9 Å². The molecule has 2 unspecified atom stereocenters. The molecular formula is C17H25F3N2O6S. The molecule has 0 spiro atoms. The van der Waals surface area contributed by atoms with E-state index < -0.39 is 45.3 Å². The lowest BCUT2D eigenvalue weighted by atomic mass is 10.0. The molecule has 29 heavy (non-hydrogen) atoms. The molecule has 0 aromatic rings. The lowest BCUT2D eigenvalue weighted by Crippen LogP contribution is -2.53. The van der Waals surface area contributed by atoms with Gasteiger partial charge in [-0.2, -0.15) is 26.7 Å². The van der Waals surface area contributed by atoms with Crippen LogP contribution in [0, 0.1) is 0 Å². The van der Waals surface area contributed by atoms with Crippen LogP contribution in [0.25, 0.3) is 0 Å². The van der Waals surface area contributed by atoms with E-state index in [0.717, 1.165) is 4.90 Å². The van der Waals surface area contributed by atoms with Crippen molar-refractivity contribution in [3.05, 3.63) is 12.2 Å². The van der Waals surface area contributed by atoms with Crippen molar-refractivity contribution in [1.29, 1.82) is 0 Å². The molecule has 2 rings (SSSR count). The SMILES string of the molecule is CC(C)(C)OC(=O)N1CCCC1C(=O)N(OS(=O)(=O)C(F)(F)F)C1CC=CCC1. The number of amides is 2. The molecule has 0 N–H and O–H groups in total. The third-order valence-electron chi connectivity index (χ3n) is 4.42. The predicted octanol–water partition coefficient (Wildman–Crippen LogP) is 3.10. The number of nitrogens with zero attached hydrogens (tertiary/aromatic N) is 2. The Hall–Kier alpha value is -1.82. The Balaban J connectivity index is 2.28. The van der Waals surface area contributed by atoms with Crippen molar-refractivity contribution in [3.63, 3.8) is 0 Å². The highest BCUT2D eigenvalue weighted by Gasteiger charge is 2.51. The molecule has 8 nitrogen and oxygen atoms in total. The zero-order chi connectivity index (χ0) is 22.0. The lowest BCUT2D eigenvalue weighted by Gasteiger charge is -2.35. The first kappa shape index (κ1) is 23.5. The molecule has 1 fully saturated rings. The summed E-state index contributed by atoms with van der Waals surface area (Å²) < 4.78 is 71.2. The van der Waals surface area contributed by atoms with E-state index in [0.29, 0.717) is 12.8 Å². The lowest BCUT2D eigenvalue weighted by molar-refractivity contribution is -0.174. The minimum atomic E-state index is -6.04. The van der Waals surface area contributed by atoms with Crippen LogP contribution in [0.4, 0.5) is 18.0 Å². The number of carbonyl (C=O) groups excluding carboxylic acids is 2. The van der Waals surface area contributed by atoms with Crippen LogP contribution in [-0.4, -0.2) is 60.1 Å². The van der Waals surface area contributed by atoms with E-state index in [1.807, 2.05) is 0 Å². The molecule has 0 aromatic heterocycles. The summed E-state index contributed by atoms with van der Waals surface area (Å²) in [6.45, 7) is 5.07. The smallest absolute Gasteiger partial charge is 0.444 e. The monoisotopic (exact) mass is 442 g/mol. The second kappa shape index (κ2) is 8.50. The van der Waals surface area contributed by atoms with E-state index in [9.17, 15) is 31.2 Å². The first-order valence-electron chi connectivity index (χ1n) is 9.21. The summed E-state index contributed by atoms with van der Waals surface area (Å²) >= 11 is 0. The number of hydrogen-bond acceptors (Lipinski definition) is 6. The van der Waals surface area contributed by atoms with Crippen LogP contribution in [0.5, 0.6) is 0 Å². The maximum atomic E-state index is 13.0. The molecule has 0 aromatic carbocycles. The van der Waals surface area contributed by atoms with Gasteiger partial charge in [0.15, 0.2) is 0 Å². The van der Waals surface area contributed by atoms with Gasteiger partial charge in [0.1, 0.15) is 11.6 Å². The van der Waals surface area contributed by atoms with Gasteiger partial charge in [-0.05, 0) is 52.9 Å². The highest BCUT2D eigenvalue weighted by atomic mass is 32.2. The number of ether oxygens (including phenoxy) is 1. The fourth-order valence-electron chi connectivity index (χ4n) is 3.13. The van der Waals surface area contributed by atoms with Crippen LogP contribution in [0.15, 0.2) is 12.2 Å². The molecule has 1 heterocycles. The highest BCUT2D eigenvalue weighted by molar-refractivity contribution is 7.87. The van der Waals surface area contributed by atoms with E-state index in [-0.39, 0.29) is 30.9 Å². The van der Waals surface area contributed by atoms with Gasteiger partial charge in [-0.3, -0.25) is 9.69 Å². The minimum absolute atomic E-state index is 0.137. The van der Waals surface area contributed by atoms with E-state index in [1.165, 1.54) is 0 Å². The van der Waals surface area contributed by atoms with E-state index >= 15 is 0 Å². The van der Waals surface area contributed by atoms with Crippen LogP contribution in [0.2, 0.25) is 0 Å². The molecule has 1 saturated heterocycles. The largest absolute Gasteiger partial charge is 0.525 e. The summed E-state index contributed by atoms with van der Waals surface area (Å²) in [5, 5.41) is 0.277. The number of rotatable bonds is 4. The third-order valence-corrected chi connectivity index (χ3v) is 5.34. The maximum Gasteiger partial charge on any atom is 0.525 e. The van der Waals surface area contributed by atoms with Gasteiger partial charge in [0.25, 0.3) is 5.91 Å². The van der Waals surface area contributed by atoms with Crippen molar-refractivity contribution in [3.8, 4) is 0 Å². The van der Waals surface area contributed by atoms with Gasteiger partial charge in [0.2, 0.25) is 0 Å². The predicted molar refractivity (Wildman–Crippen MR) is 95.6 cm³/mol. The average Bonchev–Trinajstić information content (AvgIpc) is 3.07. The van der Waals surface area contributed by atoms with Crippen LogP contribution in [-0.2, 0) is 23.9 Å². The maximum absolute atomic E-state index is 13.0. The Morgan fingerprint density at radius 1 is 1.14 bits per heavy atom. The standard InChI is InChI=1S/C17H25F3N2O6S/c1-16(2,3)27-15(24)21-11-7-10-13(21)14(23)22(12-8-5-4-6-9-12)28-29(25,26)17(18,19)20/h4-5,12-13H,6-11H2,1-3H3. The summed E-state index contributed by atoms with van der Waals surface area (Å²) in [5.41, 5.74) is -6.52. The second-order valence-corrected chi connectivity index (χ2v) is 9.43. The Morgan fingerprint density at radius 3 is 2.31 bits per heavy atom. The van der Waals surface area contributed by atoms with Crippen molar-refractivity contribution >= 4 is 22.1 Å². The molecule has 0 radical (unpaired) electrons. The fraction of sp³-hybridized carbons (Fsp3) is 0.765. The topological polar surface area (TPSA) is 93.2 Å². The number of hydroxylamine groups is 2. The van der Waals surface area contributed by atoms with Gasteiger partial charge in [0, 0.05) is 6.54 Å². The summed E-state index contributed by atoms with van der Waals surface area (Å²) in [7, 11) is -6.04. The third kappa shape index (κ3) is 5.84. The van der Waals surface area contributed by atoms with Crippen molar-refractivity contribution in [1.82, 2.24) is 9.96 Å². The minimum Gasteiger partial charge on any atom is -0.444 e. The Morgan fingerprint density at radius 2 is 1.79 bits per heavy atom. The number of hydrogen-bond donors (Lipinski definition) is 0.